The first kappa shape index (κ1) is 13.2. The molecule has 21 heavy (non-hydrogen) atoms. The Hall–Kier alpha value is -2.84. The minimum absolute atomic E-state index is 0.00317. The van der Waals surface area contributed by atoms with Crippen LogP contribution in [0.15, 0.2) is 42.5 Å². The largest absolute Gasteiger partial charge is 0.505 e. The number of hydrogen-bond acceptors (Lipinski definition) is 7. The van der Waals surface area contributed by atoms with E-state index in [4.69, 9.17) is 9.47 Å². The van der Waals surface area contributed by atoms with E-state index in [0.29, 0.717) is 11.4 Å². The lowest BCUT2D eigenvalue weighted by atomic mass is 10.2. The number of ether oxygens (including phenoxy) is 2. The highest BCUT2D eigenvalue weighted by atomic mass is 17.0. The van der Waals surface area contributed by atoms with Crippen LogP contribution in [0.25, 0.3) is 0 Å². The Labute approximate surface area is 118 Å². The summed E-state index contributed by atoms with van der Waals surface area (Å²) >= 11 is 0. The molecule has 0 spiro atoms. The van der Waals surface area contributed by atoms with Gasteiger partial charge in [-0.15, -0.1) is 0 Å². The summed E-state index contributed by atoms with van der Waals surface area (Å²) in [6.07, 6.45) is -2.66. The van der Waals surface area contributed by atoms with Crippen LogP contribution in [0.2, 0.25) is 0 Å². The first-order chi connectivity index (χ1) is 9.93. The topological polar surface area (TPSA) is 114 Å². The van der Waals surface area contributed by atoms with E-state index in [1.54, 1.807) is 18.2 Å². The SMILES string of the molecule is O=[N+]([O-])c1ccc(Nc2ccc3c(c2)OC(O)(O)O3)cc1. The Morgan fingerprint density at radius 2 is 1.62 bits per heavy atom. The van der Waals surface area contributed by atoms with E-state index < -0.39 is 11.1 Å². The summed E-state index contributed by atoms with van der Waals surface area (Å²) in [5, 5.41) is 32.0. The summed E-state index contributed by atoms with van der Waals surface area (Å²) in [7, 11) is 0. The number of aliphatic hydroxyl groups is 2. The number of hydrogen-bond donors (Lipinski definition) is 3. The van der Waals surface area contributed by atoms with Crippen molar-refractivity contribution >= 4 is 17.1 Å². The second kappa shape index (κ2) is 4.62. The van der Waals surface area contributed by atoms with Crippen LogP contribution < -0.4 is 14.8 Å². The summed E-state index contributed by atoms with van der Waals surface area (Å²) in [5.74, 6) is 0.376. The minimum atomic E-state index is -2.66. The van der Waals surface area contributed by atoms with Crippen LogP contribution in [0, 0.1) is 10.1 Å². The molecule has 0 amide bonds. The van der Waals surface area contributed by atoms with Crippen LogP contribution in [-0.2, 0) is 0 Å². The fourth-order valence-electron chi connectivity index (χ4n) is 1.89. The molecule has 0 saturated heterocycles. The molecule has 0 bridgehead atoms. The zero-order chi connectivity index (χ0) is 15.0. The van der Waals surface area contributed by atoms with Crippen LogP contribution in [0.4, 0.5) is 17.1 Å². The lowest BCUT2D eigenvalue weighted by Gasteiger charge is -2.10. The van der Waals surface area contributed by atoms with Crippen molar-refractivity contribution in [2.75, 3.05) is 5.32 Å². The Bertz CT molecular complexity index is 698. The molecule has 0 aromatic heterocycles. The van der Waals surface area contributed by atoms with Crippen molar-refractivity contribution in [1.29, 1.82) is 0 Å². The highest BCUT2D eigenvalue weighted by Gasteiger charge is 2.38. The summed E-state index contributed by atoms with van der Waals surface area (Å²) in [6.45, 7) is 0. The normalized spacial score (nSPS) is 14.8. The fraction of sp³-hybridized carbons (Fsp3) is 0.0769. The predicted octanol–water partition coefficient (Wildman–Crippen LogP) is 1.71. The van der Waals surface area contributed by atoms with E-state index in [1.807, 2.05) is 0 Å². The third-order valence-corrected chi connectivity index (χ3v) is 2.80. The van der Waals surface area contributed by atoms with E-state index in [-0.39, 0.29) is 17.2 Å². The third kappa shape index (κ3) is 2.71. The molecule has 3 rings (SSSR count). The molecule has 0 fully saturated rings. The Morgan fingerprint density at radius 3 is 2.29 bits per heavy atom. The number of benzene rings is 2. The van der Waals surface area contributed by atoms with Crippen molar-refractivity contribution in [3.63, 3.8) is 0 Å². The number of nitrogens with one attached hydrogen (secondary N) is 1. The Morgan fingerprint density at radius 1 is 1.00 bits per heavy atom. The molecular weight excluding hydrogens is 280 g/mol. The van der Waals surface area contributed by atoms with Gasteiger partial charge in [-0.3, -0.25) is 20.3 Å². The predicted molar refractivity (Wildman–Crippen MR) is 71.2 cm³/mol. The molecule has 8 nitrogen and oxygen atoms in total. The Kier molecular flexibility index (Phi) is 2.89. The highest BCUT2D eigenvalue weighted by molar-refractivity contribution is 5.64. The van der Waals surface area contributed by atoms with Gasteiger partial charge >= 0.3 is 6.16 Å². The van der Waals surface area contributed by atoms with Crippen molar-refractivity contribution in [3.8, 4) is 11.5 Å². The standard InChI is InChI=1S/C13H10N2O6/c16-13(17)20-11-6-3-9(7-12(11)21-13)14-8-1-4-10(5-2-8)15(18)19/h1-7,14,16-17H. The molecule has 3 N–H and O–H groups in total. The van der Waals surface area contributed by atoms with Gasteiger partial charge in [0.1, 0.15) is 0 Å². The van der Waals surface area contributed by atoms with Crippen LogP contribution in [0.3, 0.4) is 0 Å². The summed E-state index contributed by atoms with van der Waals surface area (Å²) in [5.41, 5.74) is 1.24. The molecule has 0 unspecified atom stereocenters. The van der Waals surface area contributed by atoms with Gasteiger partial charge in [0, 0.05) is 29.6 Å². The first-order valence-electron chi connectivity index (χ1n) is 5.91. The number of rotatable bonds is 3. The van der Waals surface area contributed by atoms with Crippen LogP contribution in [-0.4, -0.2) is 21.3 Å². The summed E-state index contributed by atoms with van der Waals surface area (Å²) < 4.78 is 9.51. The summed E-state index contributed by atoms with van der Waals surface area (Å²) in [6, 6.07) is 10.5. The van der Waals surface area contributed by atoms with Crippen molar-refractivity contribution in [2.45, 2.75) is 6.16 Å². The van der Waals surface area contributed by atoms with E-state index >= 15 is 0 Å². The van der Waals surface area contributed by atoms with Gasteiger partial charge in [0.25, 0.3) is 5.69 Å². The molecule has 2 aromatic rings. The molecule has 108 valence electrons. The average Bonchev–Trinajstić information content (AvgIpc) is 2.72. The van der Waals surface area contributed by atoms with E-state index in [1.165, 1.54) is 24.3 Å². The molecule has 0 aliphatic carbocycles. The maximum absolute atomic E-state index is 10.6. The molecule has 1 heterocycles. The maximum Gasteiger partial charge on any atom is 0.505 e. The molecule has 8 heteroatoms. The molecular formula is C13H10N2O6. The molecule has 0 saturated carbocycles. The smallest absolute Gasteiger partial charge is 0.403 e. The second-order valence-corrected chi connectivity index (χ2v) is 4.34. The highest BCUT2D eigenvalue weighted by Crippen LogP contribution is 2.39. The van der Waals surface area contributed by atoms with Gasteiger partial charge in [-0.2, -0.15) is 0 Å². The van der Waals surface area contributed by atoms with Gasteiger partial charge < -0.3 is 14.8 Å². The lowest BCUT2D eigenvalue weighted by Crippen LogP contribution is -2.37. The van der Waals surface area contributed by atoms with Gasteiger partial charge in [-0.1, -0.05) is 0 Å². The van der Waals surface area contributed by atoms with Crippen LogP contribution in [0.5, 0.6) is 11.5 Å². The van der Waals surface area contributed by atoms with Crippen LogP contribution in [0.1, 0.15) is 0 Å². The Balaban J connectivity index is 1.79. The number of nitrogens with zero attached hydrogens (tertiary/aromatic N) is 1. The monoisotopic (exact) mass is 290 g/mol. The van der Waals surface area contributed by atoms with Gasteiger partial charge in [0.15, 0.2) is 11.5 Å². The third-order valence-electron chi connectivity index (χ3n) is 2.80. The number of fused-ring (bicyclic) bond motifs is 1. The maximum atomic E-state index is 10.6. The number of non-ortho nitro benzene ring substituents is 1. The molecule has 1 aliphatic heterocycles. The first-order valence-corrected chi connectivity index (χ1v) is 5.91. The van der Waals surface area contributed by atoms with Gasteiger partial charge in [0.2, 0.25) is 0 Å². The van der Waals surface area contributed by atoms with E-state index in [0.717, 1.165) is 0 Å². The molecule has 2 aromatic carbocycles. The summed E-state index contributed by atoms with van der Waals surface area (Å²) in [4.78, 5) is 10.1. The zero-order valence-corrected chi connectivity index (χ0v) is 10.5. The molecule has 1 aliphatic rings. The van der Waals surface area contributed by atoms with Gasteiger partial charge in [-0.05, 0) is 24.3 Å². The van der Waals surface area contributed by atoms with Crippen molar-refractivity contribution in [2.24, 2.45) is 0 Å². The van der Waals surface area contributed by atoms with Gasteiger partial charge in [-0.25, -0.2) is 0 Å². The van der Waals surface area contributed by atoms with Gasteiger partial charge in [0.05, 0.1) is 4.92 Å². The number of anilines is 2. The van der Waals surface area contributed by atoms with Crippen molar-refractivity contribution in [3.05, 3.63) is 52.6 Å². The quantitative estimate of drug-likeness (QED) is 0.448. The second-order valence-electron chi connectivity index (χ2n) is 4.34. The number of nitro groups is 1. The molecule has 0 radical (unpaired) electrons. The molecule has 0 atom stereocenters. The zero-order valence-electron chi connectivity index (χ0n) is 10.5. The van der Waals surface area contributed by atoms with Crippen molar-refractivity contribution in [1.82, 2.24) is 0 Å². The lowest BCUT2D eigenvalue weighted by molar-refractivity contribution is -0.385. The average molecular weight is 290 g/mol. The van der Waals surface area contributed by atoms with Crippen molar-refractivity contribution < 1.29 is 24.6 Å². The van der Waals surface area contributed by atoms with Crippen LogP contribution >= 0.6 is 0 Å². The fourth-order valence-corrected chi connectivity index (χ4v) is 1.89. The number of nitro benzene ring substituents is 1. The van der Waals surface area contributed by atoms with E-state index in [2.05, 4.69) is 5.32 Å². The minimum Gasteiger partial charge on any atom is -0.403 e. The van der Waals surface area contributed by atoms with E-state index in [9.17, 15) is 20.3 Å².